The van der Waals surface area contributed by atoms with Crippen LogP contribution in [0.15, 0.2) is 121 Å². The van der Waals surface area contributed by atoms with E-state index < -0.39 is 0 Å². The fourth-order valence-corrected chi connectivity index (χ4v) is 10.5. The molecule has 0 unspecified atom stereocenters. The molecule has 0 aromatic heterocycles. The van der Waals surface area contributed by atoms with Crippen molar-refractivity contribution < 1.29 is 0 Å². The fourth-order valence-electron chi connectivity index (χ4n) is 10.5. The van der Waals surface area contributed by atoms with Gasteiger partial charge < -0.3 is 5.32 Å². The minimum atomic E-state index is -0.0264. The zero-order chi connectivity index (χ0) is 47.6. The summed E-state index contributed by atoms with van der Waals surface area (Å²) in [6.45, 7) is 26.3. The van der Waals surface area contributed by atoms with Crippen molar-refractivity contribution in [3.63, 3.8) is 0 Å². The van der Waals surface area contributed by atoms with E-state index in [1.165, 1.54) is 133 Å². The maximum Gasteiger partial charge on any atom is 0.0636 e. The van der Waals surface area contributed by atoms with Gasteiger partial charge in [-0.15, -0.1) is 0 Å². The van der Waals surface area contributed by atoms with Gasteiger partial charge in [0.2, 0.25) is 0 Å². The van der Waals surface area contributed by atoms with E-state index in [1.54, 1.807) is 0 Å². The molecule has 0 aliphatic rings. The van der Waals surface area contributed by atoms with E-state index in [1.807, 2.05) is 0 Å². The Bertz CT molecular complexity index is 2560. The van der Waals surface area contributed by atoms with E-state index in [0.717, 1.165) is 43.0 Å². The van der Waals surface area contributed by atoms with Gasteiger partial charge >= 0.3 is 0 Å². The van der Waals surface area contributed by atoms with Crippen molar-refractivity contribution in [1.82, 2.24) is 10.9 Å². The maximum absolute atomic E-state index is 3.88. The second-order valence-corrected chi connectivity index (χ2v) is 19.4. The van der Waals surface area contributed by atoms with Crippen molar-refractivity contribution >= 4 is 44.9 Å². The molecule has 7 aromatic carbocycles. The molecule has 0 amide bonds. The van der Waals surface area contributed by atoms with Gasteiger partial charge in [-0.05, 0) is 161 Å². The molecule has 0 aliphatic carbocycles. The van der Waals surface area contributed by atoms with Crippen LogP contribution in [0, 0.1) is 62.3 Å². The third-order valence-electron chi connectivity index (χ3n) is 13.5. The monoisotopic (exact) mass is 892 g/mol. The Kier molecular flexibility index (Phi) is 16.6. The van der Waals surface area contributed by atoms with Crippen LogP contribution in [0.25, 0.3) is 10.8 Å². The summed E-state index contributed by atoms with van der Waals surface area (Å²) in [6, 6.07) is 46.1. The number of hydrogen-bond acceptors (Lipinski definition) is 5. The minimum absolute atomic E-state index is 0.0264. The third kappa shape index (κ3) is 11.6. The average Bonchev–Trinajstić information content (AvgIpc) is 3.29. The highest BCUT2D eigenvalue weighted by Gasteiger charge is 2.24. The summed E-state index contributed by atoms with van der Waals surface area (Å²) in [5.74, 6) is -0.0264. The summed E-state index contributed by atoms with van der Waals surface area (Å²) in [5.41, 5.74) is 30.0. The number of hydrogen-bond donors (Lipinski definition) is 3. The number of hydrazine groups is 2. The number of aryl methyl sites for hydroxylation is 9. The first kappa shape index (κ1) is 49.0. The van der Waals surface area contributed by atoms with Crippen molar-refractivity contribution in [1.29, 1.82) is 0 Å². The van der Waals surface area contributed by atoms with Crippen molar-refractivity contribution in [2.24, 2.45) is 0 Å². The lowest BCUT2D eigenvalue weighted by Crippen LogP contribution is -2.35. The molecule has 0 atom stereocenters. The van der Waals surface area contributed by atoms with Crippen LogP contribution >= 0.6 is 0 Å². The molecule has 5 heteroatoms. The van der Waals surface area contributed by atoms with Gasteiger partial charge in [0.1, 0.15) is 0 Å². The quantitative estimate of drug-likeness (QED) is 0.0381. The highest BCUT2D eigenvalue weighted by Crippen LogP contribution is 2.42. The number of nitrogens with one attached hydrogen (secondary N) is 3. The lowest BCUT2D eigenvalue weighted by atomic mass is 9.82. The van der Waals surface area contributed by atoms with Crippen LogP contribution in [-0.4, -0.2) is 13.1 Å². The molecule has 7 aromatic rings. The molecule has 0 saturated carbocycles. The molecular formula is C62H77N5. The van der Waals surface area contributed by atoms with Crippen molar-refractivity contribution in [2.75, 3.05) is 28.4 Å². The van der Waals surface area contributed by atoms with Crippen LogP contribution in [0.2, 0.25) is 0 Å². The topological polar surface area (TPSA) is 42.6 Å². The van der Waals surface area contributed by atoms with Crippen LogP contribution in [0.3, 0.4) is 0 Å². The highest BCUT2D eigenvalue weighted by molar-refractivity contribution is 5.98. The van der Waals surface area contributed by atoms with Gasteiger partial charge in [0.05, 0.1) is 22.7 Å². The summed E-state index contributed by atoms with van der Waals surface area (Å²) in [5, 5.41) is 11.0. The smallest absolute Gasteiger partial charge is 0.0636 e. The molecule has 0 saturated heterocycles. The Morgan fingerprint density at radius 2 is 0.821 bits per heavy atom. The van der Waals surface area contributed by atoms with Gasteiger partial charge in [0.15, 0.2) is 0 Å². The Morgan fingerprint density at radius 1 is 0.418 bits per heavy atom. The molecular weight excluding hydrogens is 815 g/mol. The van der Waals surface area contributed by atoms with E-state index in [9.17, 15) is 0 Å². The van der Waals surface area contributed by atoms with Crippen LogP contribution in [-0.2, 0) is 0 Å². The molecule has 0 fully saturated rings. The lowest BCUT2D eigenvalue weighted by molar-refractivity contribution is 0.603. The molecule has 0 radical (unpaired) electrons. The molecule has 0 spiro atoms. The maximum atomic E-state index is 3.88. The third-order valence-corrected chi connectivity index (χ3v) is 13.5. The largest absolute Gasteiger partial charge is 0.355 e. The van der Waals surface area contributed by atoms with E-state index in [0.29, 0.717) is 0 Å². The number of unbranched alkanes of at least 4 members (excludes halogenated alkanes) is 6. The number of rotatable bonds is 21. The number of fused-ring (bicyclic) bond motifs is 1. The van der Waals surface area contributed by atoms with Gasteiger partial charge in [-0.2, -0.15) is 0 Å². The van der Waals surface area contributed by atoms with Gasteiger partial charge in [0, 0.05) is 35.8 Å². The highest BCUT2D eigenvalue weighted by atomic mass is 15.5. The van der Waals surface area contributed by atoms with Crippen molar-refractivity contribution in [3.8, 4) is 0 Å². The van der Waals surface area contributed by atoms with E-state index >= 15 is 0 Å². The summed E-state index contributed by atoms with van der Waals surface area (Å²) in [4.78, 5) is 0. The van der Waals surface area contributed by atoms with Crippen LogP contribution in [0.1, 0.15) is 138 Å². The molecule has 0 aliphatic heterocycles. The molecule has 67 heavy (non-hydrogen) atoms. The first-order valence-electron chi connectivity index (χ1n) is 25.2. The summed E-state index contributed by atoms with van der Waals surface area (Å²) in [6.07, 6.45) is 9.71. The molecule has 0 heterocycles. The summed E-state index contributed by atoms with van der Waals surface area (Å²) >= 11 is 0. The molecule has 350 valence electrons. The van der Waals surface area contributed by atoms with Crippen LogP contribution in [0.5, 0.6) is 0 Å². The Labute approximate surface area is 404 Å². The van der Waals surface area contributed by atoms with Crippen molar-refractivity contribution in [3.05, 3.63) is 188 Å². The second kappa shape index (κ2) is 22.7. The average molecular weight is 892 g/mol. The second-order valence-electron chi connectivity index (χ2n) is 19.4. The first-order chi connectivity index (χ1) is 32.4. The van der Waals surface area contributed by atoms with Gasteiger partial charge in [0.25, 0.3) is 0 Å². The zero-order valence-corrected chi connectivity index (χ0v) is 42.6. The Balaban J connectivity index is 1.34. The molecule has 7 rings (SSSR count). The predicted octanol–water partition coefficient (Wildman–Crippen LogP) is 17.0. The lowest BCUT2D eigenvalue weighted by Gasteiger charge is -2.31. The zero-order valence-electron chi connectivity index (χ0n) is 42.6. The number of anilines is 6. The van der Waals surface area contributed by atoms with E-state index in [2.05, 4.69) is 224 Å². The van der Waals surface area contributed by atoms with Gasteiger partial charge in [-0.1, -0.05) is 160 Å². The van der Waals surface area contributed by atoms with Crippen LogP contribution in [0.4, 0.5) is 34.1 Å². The summed E-state index contributed by atoms with van der Waals surface area (Å²) in [7, 11) is 0. The predicted molar refractivity (Wildman–Crippen MR) is 292 cm³/mol. The Morgan fingerprint density at radius 3 is 1.24 bits per heavy atom. The van der Waals surface area contributed by atoms with Crippen LogP contribution < -0.4 is 26.2 Å². The standard InChI is InChI=1S/C62H77N5/c1-12-14-16-20-34-63-66(61-47(8)38-43(4)39-48(61)9)53-28-24-51(25-29-53)59(57-32-33-58(56-23-19-18-22-55(56)57)65-60-45(6)36-42(3)37-46(60)7)52-26-30-54(31-27-52)67(64-35-21-17-15-13-2)62-49(10)40-44(5)41-50(62)11/h18-19,22-33,36-41,59,63-65H,12-17,20-21,34-35H2,1-11H3. The molecule has 0 bridgehead atoms. The minimum Gasteiger partial charge on any atom is -0.355 e. The fraction of sp³-hybridized carbons (Fsp3) is 0.355. The SMILES string of the molecule is CCCCCCNN(c1ccc(C(c2ccc(N(NCCCCCC)c3c(C)cc(C)cc3C)cc2)c2ccc(Nc3c(C)cc(C)cc3C)c3ccccc23)cc1)c1c(C)cc(C)cc1C. The van der Waals surface area contributed by atoms with Gasteiger partial charge in [-0.3, -0.25) is 10.0 Å². The van der Waals surface area contributed by atoms with Gasteiger partial charge in [-0.25, -0.2) is 10.9 Å². The van der Waals surface area contributed by atoms with Crippen molar-refractivity contribution in [2.45, 2.75) is 133 Å². The molecule has 3 N–H and O–H groups in total. The number of benzene rings is 7. The summed E-state index contributed by atoms with van der Waals surface area (Å²) < 4.78 is 0. The Hall–Kier alpha value is -5.88. The van der Waals surface area contributed by atoms with E-state index in [4.69, 9.17) is 0 Å². The molecule has 5 nitrogen and oxygen atoms in total. The van der Waals surface area contributed by atoms with E-state index in [-0.39, 0.29) is 5.92 Å². The normalized spacial score (nSPS) is 11.5. The first-order valence-corrected chi connectivity index (χ1v) is 25.2. The number of nitrogens with zero attached hydrogens (tertiary/aromatic N) is 2.